The van der Waals surface area contributed by atoms with Gasteiger partial charge in [-0.05, 0) is 29.7 Å². The van der Waals surface area contributed by atoms with Crippen molar-refractivity contribution in [2.45, 2.75) is 13.8 Å². The van der Waals surface area contributed by atoms with Gasteiger partial charge in [0.1, 0.15) is 22.9 Å². The SMILES string of the molecule is CC1(C)C2C(c3ccco3)=NN=C(c3ccco3)C21. The zero-order chi connectivity index (χ0) is 13.0. The van der Waals surface area contributed by atoms with Crippen LogP contribution in [0.5, 0.6) is 0 Å². The maximum absolute atomic E-state index is 5.47. The number of nitrogens with zero attached hydrogens (tertiary/aromatic N) is 2. The van der Waals surface area contributed by atoms with Crippen LogP contribution in [0.3, 0.4) is 0 Å². The lowest BCUT2D eigenvalue weighted by molar-refractivity contribution is 0.547. The first kappa shape index (κ1) is 10.8. The first-order valence-electron chi connectivity index (χ1n) is 6.43. The standard InChI is InChI=1S/C15H14N2O2/c1-15(2)11-12(15)14(10-6-4-8-19-10)17-16-13(11)9-5-3-7-18-9/h3-8,11-12H,1-2H3. The molecular formula is C15H14N2O2. The summed E-state index contributed by atoms with van der Waals surface area (Å²) in [5.41, 5.74) is 2.05. The molecule has 19 heavy (non-hydrogen) atoms. The van der Waals surface area contributed by atoms with E-state index in [4.69, 9.17) is 8.83 Å². The van der Waals surface area contributed by atoms with Crippen LogP contribution in [-0.2, 0) is 0 Å². The van der Waals surface area contributed by atoms with Crippen LogP contribution >= 0.6 is 0 Å². The largest absolute Gasteiger partial charge is 0.463 e. The van der Waals surface area contributed by atoms with Crippen LogP contribution in [-0.4, -0.2) is 11.4 Å². The molecule has 3 heterocycles. The lowest BCUT2D eigenvalue weighted by Crippen LogP contribution is -2.14. The van der Waals surface area contributed by atoms with Gasteiger partial charge in [0.25, 0.3) is 0 Å². The zero-order valence-electron chi connectivity index (χ0n) is 10.8. The topological polar surface area (TPSA) is 51.0 Å². The van der Waals surface area contributed by atoms with Crippen LogP contribution in [0, 0.1) is 17.3 Å². The van der Waals surface area contributed by atoms with E-state index in [9.17, 15) is 0 Å². The Bertz CT molecular complexity index is 605. The van der Waals surface area contributed by atoms with E-state index < -0.39 is 0 Å². The van der Waals surface area contributed by atoms with E-state index in [0.29, 0.717) is 11.8 Å². The fourth-order valence-electron chi connectivity index (χ4n) is 3.14. The Morgan fingerprint density at radius 1 is 0.895 bits per heavy atom. The molecule has 1 aliphatic carbocycles. The van der Waals surface area contributed by atoms with Gasteiger partial charge in [0, 0.05) is 11.8 Å². The van der Waals surface area contributed by atoms with Crippen LogP contribution in [0.1, 0.15) is 25.4 Å². The second-order valence-electron chi connectivity index (χ2n) is 5.70. The first-order chi connectivity index (χ1) is 9.19. The van der Waals surface area contributed by atoms with Gasteiger partial charge in [0.05, 0.1) is 12.5 Å². The molecule has 2 aromatic heterocycles. The molecule has 0 saturated heterocycles. The molecule has 2 aromatic rings. The van der Waals surface area contributed by atoms with Gasteiger partial charge < -0.3 is 8.83 Å². The number of rotatable bonds is 2. The number of hydrogen-bond donors (Lipinski definition) is 0. The molecule has 2 aliphatic rings. The van der Waals surface area contributed by atoms with Gasteiger partial charge in [-0.25, -0.2) is 0 Å². The van der Waals surface area contributed by atoms with Crippen molar-refractivity contribution in [3.8, 4) is 0 Å². The molecule has 1 saturated carbocycles. The van der Waals surface area contributed by atoms with E-state index in [2.05, 4.69) is 24.1 Å². The summed E-state index contributed by atoms with van der Waals surface area (Å²) < 4.78 is 10.9. The molecule has 0 amide bonds. The third kappa shape index (κ3) is 1.40. The molecule has 0 radical (unpaired) electrons. The van der Waals surface area contributed by atoms with Crippen molar-refractivity contribution in [2.24, 2.45) is 27.5 Å². The van der Waals surface area contributed by atoms with Crippen LogP contribution in [0.2, 0.25) is 0 Å². The molecule has 0 N–H and O–H groups in total. The smallest absolute Gasteiger partial charge is 0.150 e. The molecule has 4 heteroatoms. The Kier molecular flexibility index (Phi) is 1.97. The van der Waals surface area contributed by atoms with Gasteiger partial charge in [0.2, 0.25) is 0 Å². The highest BCUT2D eigenvalue weighted by Crippen LogP contribution is 2.62. The highest BCUT2D eigenvalue weighted by atomic mass is 16.3. The Morgan fingerprint density at radius 2 is 1.37 bits per heavy atom. The highest BCUT2D eigenvalue weighted by molar-refractivity contribution is 6.14. The number of fused-ring (bicyclic) bond motifs is 1. The predicted molar refractivity (Wildman–Crippen MR) is 71.3 cm³/mol. The normalized spacial score (nSPS) is 27.5. The van der Waals surface area contributed by atoms with E-state index >= 15 is 0 Å². The van der Waals surface area contributed by atoms with Gasteiger partial charge in [-0.15, -0.1) is 0 Å². The van der Waals surface area contributed by atoms with Crippen molar-refractivity contribution < 1.29 is 8.83 Å². The van der Waals surface area contributed by atoms with Crippen molar-refractivity contribution in [3.05, 3.63) is 48.3 Å². The van der Waals surface area contributed by atoms with Crippen LogP contribution in [0.15, 0.2) is 55.8 Å². The average molecular weight is 254 g/mol. The minimum Gasteiger partial charge on any atom is -0.463 e. The highest BCUT2D eigenvalue weighted by Gasteiger charge is 2.65. The zero-order valence-corrected chi connectivity index (χ0v) is 10.8. The molecule has 96 valence electrons. The van der Waals surface area contributed by atoms with Crippen molar-refractivity contribution in [1.29, 1.82) is 0 Å². The molecule has 1 fully saturated rings. The summed E-state index contributed by atoms with van der Waals surface area (Å²) in [4.78, 5) is 0. The van der Waals surface area contributed by atoms with Crippen LogP contribution in [0.4, 0.5) is 0 Å². The fourth-order valence-corrected chi connectivity index (χ4v) is 3.14. The fraction of sp³-hybridized carbons (Fsp3) is 0.333. The Labute approximate surface area is 110 Å². The van der Waals surface area contributed by atoms with E-state index in [-0.39, 0.29) is 5.41 Å². The van der Waals surface area contributed by atoms with E-state index in [1.165, 1.54) is 0 Å². The van der Waals surface area contributed by atoms with E-state index in [0.717, 1.165) is 22.9 Å². The van der Waals surface area contributed by atoms with Crippen molar-refractivity contribution in [3.63, 3.8) is 0 Å². The molecule has 1 aliphatic heterocycles. The second kappa shape index (κ2) is 3.47. The Balaban J connectivity index is 1.81. The molecule has 0 bridgehead atoms. The monoisotopic (exact) mass is 254 g/mol. The van der Waals surface area contributed by atoms with Crippen molar-refractivity contribution in [2.75, 3.05) is 0 Å². The van der Waals surface area contributed by atoms with E-state index in [1.54, 1.807) is 12.5 Å². The van der Waals surface area contributed by atoms with Gasteiger partial charge in [-0.2, -0.15) is 10.2 Å². The average Bonchev–Trinajstić information content (AvgIpc) is 2.96. The molecule has 2 atom stereocenters. The predicted octanol–water partition coefficient (Wildman–Crippen LogP) is 3.35. The minimum absolute atomic E-state index is 0.147. The summed E-state index contributed by atoms with van der Waals surface area (Å²) in [7, 11) is 0. The maximum atomic E-state index is 5.47. The summed E-state index contributed by atoms with van der Waals surface area (Å²) in [5.74, 6) is 2.36. The lowest BCUT2D eigenvalue weighted by atomic mass is 10.0. The molecule has 0 spiro atoms. The summed E-state index contributed by atoms with van der Waals surface area (Å²) in [6, 6.07) is 7.65. The number of furan rings is 2. The van der Waals surface area contributed by atoms with Crippen LogP contribution < -0.4 is 0 Å². The molecule has 2 unspecified atom stereocenters. The minimum atomic E-state index is 0.147. The van der Waals surface area contributed by atoms with E-state index in [1.807, 2.05) is 24.3 Å². The summed E-state index contributed by atoms with van der Waals surface area (Å²) in [5, 5.41) is 8.76. The second-order valence-corrected chi connectivity index (χ2v) is 5.70. The summed E-state index contributed by atoms with van der Waals surface area (Å²) in [6.07, 6.45) is 3.35. The third-order valence-electron chi connectivity index (χ3n) is 4.23. The lowest BCUT2D eigenvalue weighted by Gasteiger charge is -2.07. The molecule has 0 aromatic carbocycles. The van der Waals surface area contributed by atoms with Gasteiger partial charge in [-0.3, -0.25) is 0 Å². The third-order valence-corrected chi connectivity index (χ3v) is 4.23. The quantitative estimate of drug-likeness (QED) is 0.825. The Morgan fingerprint density at radius 3 is 1.74 bits per heavy atom. The summed E-state index contributed by atoms with van der Waals surface area (Å²) in [6.45, 7) is 4.48. The van der Waals surface area contributed by atoms with Gasteiger partial charge in [0.15, 0.2) is 0 Å². The van der Waals surface area contributed by atoms with Crippen LogP contribution in [0.25, 0.3) is 0 Å². The Hall–Kier alpha value is -2.10. The van der Waals surface area contributed by atoms with Crippen molar-refractivity contribution >= 4 is 11.4 Å². The molecular weight excluding hydrogens is 240 g/mol. The summed E-state index contributed by atoms with van der Waals surface area (Å²) >= 11 is 0. The molecule has 4 nitrogen and oxygen atoms in total. The first-order valence-corrected chi connectivity index (χ1v) is 6.43. The molecule has 4 rings (SSSR count). The van der Waals surface area contributed by atoms with Gasteiger partial charge in [-0.1, -0.05) is 13.8 Å². The van der Waals surface area contributed by atoms with Crippen molar-refractivity contribution in [1.82, 2.24) is 0 Å². The number of hydrogen-bond acceptors (Lipinski definition) is 4. The maximum Gasteiger partial charge on any atom is 0.150 e. The van der Waals surface area contributed by atoms with Gasteiger partial charge >= 0.3 is 0 Å².